The molecule has 0 atom stereocenters. The molecule has 1 aromatic carbocycles. The minimum atomic E-state index is -0.115. The quantitative estimate of drug-likeness (QED) is 0.608. The van der Waals surface area contributed by atoms with Crippen molar-refractivity contribution < 1.29 is 14.3 Å². The lowest BCUT2D eigenvalue weighted by Gasteiger charge is -2.31. The Kier molecular flexibility index (Phi) is 6.89. The summed E-state index contributed by atoms with van der Waals surface area (Å²) >= 11 is 1.40. The zero-order valence-corrected chi connectivity index (χ0v) is 17.9. The molecule has 0 bridgehead atoms. The highest BCUT2D eigenvalue weighted by atomic mass is 32.1. The average molecular weight is 437 g/mol. The van der Waals surface area contributed by atoms with Crippen molar-refractivity contribution in [3.8, 4) is 17.0 Å². The molecule has 2 aromatic heterocycles. The van der Waals surface area contributed by atoms with Gasteiger partial charge < -0.3 is 15.0 Å². The van der Waals surface area contributed by atoms with E-state index in [1.807, 2.05) is 52.7 Å². The molecule has 31 heavy (non-hydrogen) atoms. The molecule has 2 amide bonds. The Hall–Kier alpha value is -3.26. The normalized spacial score (nSPS) is 14.3. The Morgan fingerprint density at radius 2 is 1.94 bits per heavy atom. The van der Waals surface area contributed by atoms with Crippen molar-refractivity contribution in [2.75, 3.05) is 25.0 Å². The number of piperidine rings is 1. The van der Waals surface area contributed by atoms with Gasteiger partial charge in [0, 0.05) is 42.3 Å². The molecule has 0 spiro atoms. The molecular weight excluding hydrogens is 412 g/mol. The Morgan fingerprint density at radius 1 is 1.13 bits per heavy atom. The molecule has 4 rings (SSSR count). The van der Waals surface area contributed by atoms with Crippen molar-refractivity contribution in [1.82, 2.24) is 14.9 Å². The molecule has 1 fully saturated rings. The van der Waals surface area contributed by atoms with Crippen LogP contribution in [0.1, 0.15) is 19.3 Å². The van der Waals surface area contributed by atoms with Crippen molar-refractivity contribution in [3.05, 3.63) is 60.2 Å². The molecule has 0 unspecified atom stereocenters. The molecule has 0 aliphatic carbocycles. The third-order valence-electron chi connectivity index (χ3n) is 5.24. The second-order valence-electron chi connectivity index (χ2n) is 7.34. The molecule has 8 heteroatoms. The van der Waals surface area contributed by atoms with Gasteiger partial charge in [-0.05, 0) is 37.1 Å². The summed E-state index contributed by atoms with van der Waals surface area (Å²) in [6, 6.07) is 13.3. The predicted octanol–water partition coefficient (Wildman–Crippen LogP) is 3.85. The molecule has 1 aliphatic rings. The zero-order valence-electron chi connectivity index (χ0n) is 17.1. The molecule has 0 radical (unpaired) electrons. The predicted molar refractivity (Wildman–Crippen MR) is 120 cm³/mol. The number of thiazole rings is 1. The topological polar surface area (TPSA) is 84.4 Å². The van der Waals surface area contributed by atoms with E-state index in [1.165, 1.54) is 11.3 Å². The van der Waals surface area contributed by atoms with Gasteiger partial charge in [-0.1, -0.05) is 18.2 Å². The van der Waals surface area contributed by atoms with Crippen LogP contribution in [0.15, 0.2) is 60.2 Å². The maximum atomic E-state index is 12.6. The first-order chi connectivity index (χ1) is 15.2. The molecular formula is C23H24N4O3S. The number of nitrogens with one attached hydrogen (secondary N) is 1. The van der Waals surface area contributed by atoms with Gasteiger partial charge in [-0.3, -0.25) is 14.6 Å². The summed E-state index contributed by atoms with van der Waals surface area (Å²) in [4.78, 5) is 35.5. The van der Waals surface area contributed by atoms with Crippen LogP contribution >= 0.6 is 11.3 Å². The summed E-state index contributed by atoms with van der Waals surface area (Å²) in [7, 11) is 0. The minimum absolute atomic E-state index is 0.0356. The number of carbonyl (C=O) groups is 2. The van der Waals surface area contributed by atoms with E-state index in [1.54, 1.807) is 12.4 Å². The second kappa shape index (κ2) is 10.2. The first-order valence-corrected chi connectivity index (χ1v) is 11.2. The summed E-state index contributed by atoms with van der Waals surface area (Å²) in [5.74, 6) is 0.678. The highest BCUT2D eigenvalue weighted by Crippen LogP contribution is 2.26. The van der Waals surface area contributed by atoms with Crippen molar-refractivity contribution in [1.29, 1.82) is 0 Å². The van der Waals surface area contributed by atoms with Crippen LogP contribution in [-0.2, 0) is 9.59 Å². The number of benzene rings is 1. The summed E-state index contributed by atoms with van der Waals surface area (Å²) in [6.45, 7) is 1.52. The van der Waals surface area contributed by atoms with E-state index in [4.69, 9.17) is 4.74 Å². The van der Waals surface area contributed by atoms with Crippen LogP contribution in [0, 0.1) is 5.92 Å². The van der Waals surface area contributed by atoms with Gasteiger partial charge in [0.15, 0.2) is 5.13 Å². The number of ether oxygens (including phenoxy) is 1. The number of likely N-dealkylation sites (tertiary alicyclic amines) is 1. The number of anilines is 1. The number of amides is 2. The summed E-state index contributed by atoms with van der Waals surface area (Å²) in [5, 5.41) is 5.41. The number of carbonyl (C=O) groups excluding carboxylic acids is 2. The van der Waals surface area contributed by atoms with Gasteiger partial charge in [-0.15, -0.1) is 11.3 Å². The minimum Gasteiger partial charge on any atom is -0.493 e. The third-order valence-corrected chi connectivity index (χ3v) is 6.00. The lowest BCUT2D eigenvalue weighted by Crippen LogP contribution is -2.41. The Labute approximate surface area is 185 Å². The lowest BCUT2D eigenvalue weighted by molar-refractivity contribution is -0.135. The largest absolute Gasteiger partial charge is 0.493 e. The zero-order chi connectivity index (χ0) is 21.5. The maximum absolute atomic E-state index is 12.6. The second-order valence-corrected chi connectivity index (χ2v) is 8.19. The number of rotatable bonds is 7. The molecule has 160 valence electrons. The van der Waals surface area contributed by atoms with E-state index in [9.17, 15) is 9.59 Å². The summed E-state index contributed by atoms with van der Waals surface area (Å²) in [6.07, 6.45) is 5.10. The molecule has 1 aliphatic heterocycles. The SMILES string of the molecule is O=C(Nc1nc(-c2cccnc2)cs1)C1CCN(C(=O)CCOc2ccccc2)CC1. The van der Waals surface area contributed by atoms with Crippen molar-refractivity contribution in [2.45, 2.75) is 19.3 Å². The number of hydrogen-bond donors (Lipinski definition) is 1. The number of nitrogens with zero attached hydrogens (tertiary/aromatic N) is 3. The van der Waals surface area contributed by atoms with Crippen molar-refractivity contribution >= 4 is 28.3 Å². The van der Waals surface area contributed by atoms with Crippen LogP contribution in [0.25, 0.3) is 11.3 Å². The average Bonchev–Trinajstić information content (AvgIpc) is 3.29. The highest BCUT2D eigenvalue weighted by molar-refractivity contribution is 7.14. The lowest BCUT2D eigenvalue weighted by atomic mass is 9.96. The molecule has 1 N–H and O–H groups in total. The van der Waals surface area contributed by atoms with Gasteiger partial charge in [0.2, 0.25) is 11.8 Å². The van der Waals surface area contributed by atoms with Gasteiger partial charge in [-0.25, -0.2) is 4.98 Å². The monoisotopic (exact) mass is 436 g/mol. The third kappa shape index (κ3) is 5.67. The Morgan fingerprint density at radius 3 is 2.68 bits per heavy atom. The Balaban J connectivity index is 1.21. The van der Waals surface area contributed by atoms with E-state index in [2.05, 4.69) is 15.3 Å². The first kappa shape index (κ1) is 21.0. The smallest absolute Gasteiger partial charge is 0.229 e. The van der Waals surface area contributed by atoms with Gasteiger partial charge in [0.1, 0.15) is 5.75 Å². The number of hydrogen-bond acceptors (Lipinski definition) is 6. The summed E-state index contributed by atoms with van der Waals surface area (Å²) < 4.78 is 5.61. The fourth-order valence-electron chi connectivity index (χ4n) is 3.51. The molecule has 1 saturated heterocycles. The standard InChI is InChI=1S/C23H24N4O3S/c28-21(10-14-30-19-6-2-1-3-7-19)27-12-8-17(9-13-27)22(29)26-23-25-20(16-31-23)18-5-4-11-24-15-18/h1-7,11,15-17H,8-10,12-14H2,(H,25,26,29). The van der Waals surface area contributed by atoms with Gasteiger partial charge in [0.05, 0.1) is 18.7 Å². The molecule has 0 saturated carbocycles. The van der Waals surface area contributed by atoms with E-state index in [0.717, 1.165) is 17.0 Å². The van der Waals surface area contributed by atoms with Crippen LogP contribution in [0.4, 0.5) is 5.13 Å². The van der Waals surface area contributed by atoms with Crippen LogP contribution in [0.2, 0.25) is 0 Å². The highest BCUT2D eigenvalue weighted by Gasteiger charge is 2.27. The van der Waals surface area contributed by atoms with Gasteiger partial charge in [-0.2, -0.15) is 0 Å². The van der Waals surface area contributed by atoms with E-state index in [0.29, 0.717) is 44.1 Å². The fraction of sp³-hybridized carbons (Fsp3) is 0.304. The van der Waals surface area contributed by atoms with Gasteiger partial charge in [0.25, 0.3) is 0 Å². The number of aromatic nitrogens is 2. The van der Waals surface area contributed by atoms with Crippen LogP contribution in [-0.4, -0.2) is 46.4 Å². The van der Waals surface area contributed by atoms with E-state index >= 15 is 0 Å². The maximum Gasteiger partial charge on any atom is 0.229 e. The fourth-order valence-corrected chi connectivity index (χ4v) is 4.23. The van der Waals surface area contributed by atoms with Crippen LogP contribution in [0.5, 0.6) is 5.75 Å². The van der Waals surface area contributed by atoms with Crippen LogP contribution in [0.3, 0.4) is 0 Å². The van der Waals surface area contributed by atoms with Gasteiger partial charge >= 0.3 is 0 Å². The van der Waals surface area contributed by atoms with Crippen LogP contribution < -0.4 is 10.1 Å². The Bertz CT molecular complexity index is 1000. The van der Waals surface area contributed by atoms with Crippen molar-refractivity contribution in [2.24, 2.45) is 5.92 Å². The number of pyridine rings is 1. The molecule has 3 heterocycles. The number of para-hydroxylation sites is 1. The molecule has 3 aromatic rings. The molecule has 7 nitrogen and oxygen atoms in total. The van der Waals surface area contributed by atoms with Crippen molar-refractivity contribution in [3.63, 3.8) is 0 Å². The first-order valence-electron chi connectivity index (χ1n) is 10.3. The van der Waals surface area contributed by atoms with E-state index in [-0.39, 0.29) is 17.7 Å². The summed E-state index contributed by atoms with van der Waals surface area (Å²) in [5.41, 5.74) is 1.72. The van der Waals surface area contributed by atoms with E-state index < -0.39 is 0 Å².